The summed E-state index contributed by atoms with van der Waals surface area (Å²) in [5, 5.41) is 20.5. The van der Waals surface area contributed by atoms with Crippen LogP contribution in [0.3, 0.4) is 0 Å². The van der Waals surface area contributed by atoms with E-state index in [1.165, 1.54) is 28.0 Å². The number of thioether (sulfide) groups is 1. The van der Waals surface area contributed by atoms with E-state index in [0.717, 1.165) is 24.8 Å². The van der Waals surface area contributed by atoms with Crippen LogP contribution >= 0.6 is 23.1 Å². The van der Waals surface area contributed by atoms with Gasteiger partial charge < -0.3 is 19.3 Å². The third kappa shape index (κ3) is 7.54. The molecule has 4 aromatic rings. The first-order chi connectivity index (χ1) is 22.4. The molecule has 0 radical (unpaired) electrons. The molecule has 5 rings (SSSR count). The number of hydrogen-bond donors (Lipinski definition) is 1. The monoisotopic (exact) mass is 659 g/mol. The number of benzene rings is 3. The van der Waals surface area contributed by atoms with Crippen molar-refractivity contribution in [2.75, 3.05) is 24.7 Å². The highest BCUT2D eigenvalue weighted by molar-refractivity contribution is 8.00. The Balaban J connectivity index is 1.56. The van der Waals surface area contributed by atoms with E-state index in [9.17, 15) is 14.7 Å². The van der Waals surface area contributed by atoms with E-state index in [1.807, 2.05) is 44.2 Å². The maximum atomic E-state index is 13.7. The summed E-state index contributed by atoms with van der Waals surface area (Å²) in [4.78, 5) is 28.8. The number of amides is 1. The molecular weight excluding hydrogens is 623 g/mol. The van der Waals surface area contributed by atoms with E-state index in [0.29, 0.717) is 58.3 Å². The summed E-state index contributed by atoms with van der Waals surface area (Å²) >= 11 is 2.72. The summed E-state index contributed by atoms with van der Waals surface area (Å²) in [7, 11) is 0. The molecule has 9 nitrogen and oxygen atoms in total. The number of unbranched alkanes of at least 4 members (excludes halogenated alkanes) is 1. The molecule has 0 spiro atoms. The lowest BCUT2D eigenvalue weighted by Crippen LogP contribution is -2.29. The molecular formula is C35H37N3O6S2. The number of aromatic nitrogens is 2. The number of carbonyl (C=O) groups is 2. The highest BCUT2D eigenvalue weighted by Crippen LogP contribution is 2.45. The molecule has 0 bridgehead atoms. The van der Waals surface area contributed by atoms with E-state index in [4.69, 9.17) is 14.2 Å². The lowest BCUT2D eigenvalue weighted by Gasteiger charge is -2.23. The first-order valence-corrected chi connectivity index (χ1v) is 17.2. The largest absolute Gasteiger partial charge is 0.507 e. The fourth-order valence-corrected chi connectivity index (χ4v) is 6.74. The van der Waals surface area contributed by atoms with Gasteiger partial charge >= 0.3 is 5.91 Å². The molecule has 1 saturated heterocycles. The van der Waals surface area contributed by atoms with Gasteiger partial charge in [0.1, 0.15) is 11.5 Å². The van der Waals surface area contributed by atoms with E-state index in [2.05, 4.69) is 17.1 Å². The van der Waals surface area contributed by atoms with Crippen molar-refractivity contribution in [3.8, 4) is 17.2 Å². The molecule has 1 unspecified atom stereocenters. The molecule has 11 heteroatoms. The van der Waals surface area contributed by atoms with Crippen molar-refractivity contribution in [2.45, 2.75) is 56.2 Å². The van der Waals surface area contributed by atoms with Crippen LogP contribution in [0.1, 0.15) is 62.8 Å². The van der Waals surface area contributed by atoms with Gasteiger partial charge in [0.15, 0.2) is 15.8 Å². The molecule has 1 aliphatic rings. The molecule has 1 amide bonds. The van der Waals surface area contributed by atoms with Gasteiger partial charge in [0.25, 0.3) is 5.78 Å². The van der Waals surface area contributed by atoms with Crippen LogP contribution < -0.4 is 19.1 Å². The predicted molar refractivity (Wildman–Crippen MR) is 181 cm³/mol. The number of aliphatic hydroxyl groups excluding tert-OH is 1. The second-order valence-corrected chi connectivity index (χ2v) is 12.7. The van der Waals surface area contributed by atoms with Crippen molar-refractivity contribution < 1.29 is 28.9 Å². The minimum absolute atomic E-state index is 0.0528. The van der Waals surface area contributed by atoms with E-state index in [-0.39, 0.29) is 16.5 Å². The van der Waals surface area contributed by atoms with Crippen LogP contribution in [0.5, 0.6) is 17.2 Å². The molecule has 1 atom stereocenters. The third-order valence-corrected chi connectivity index (χ3v) is 9.32. The maximum Gasteiger partial charge on any atom is 0.301 e. The number of carbonyl (C=O) groups excluding carboxylic acids is 2. The summed E-state index contributed by atoms with van der Waals surface area (Å²) < 4.78 is 18.2. The molecule has 2 heterocycles. The minimum Gasteiger partial charge on any atom is -0.507 e. The van der Waals surface area contributed by atoms with Crippen LogP contribution in [0.15, 0.2) is 82.7 Å². The molecule has 1 aromatic heterocycles. The lowest BCUT2D eigenvalue weighted by molar-refractivity contribution is -0.132. The van der Waals surface area contributed by atoms with Crippen molar-refractivity contribution in [1.82, 2.24) is 10.2 Å². The van der Waals surface area contributed by atoms with Gasteiger partial charge in [-0.25, -0.2) is 0 Å². The number of ketones is 1. The standard InChI is InChI=1S/C35H37N3O6S2/c1-4-7-20-44-27-18-15-25(21-28(27)42-6-3)30-29(31(39)24-13-16-26(17-14-24)43-19-5-2)32(40)33(41)38(30)34-36-37-35(46-34)45-22-23-11-9-8-10-12-23/h8-18,21,30,39H,4-7,19-20,22H2,1-3H3. The van der Waals surface area contributed by atoms with Crippen LogP contribution in [-0.2, 0) is 15.3 Å². The van der Waals surface area contributed by atoms with Gasteiger partial charge in [-0.1, -0.05) is 79.8 Å². The van der Waals surface area contributed by atoms with Crippen LogP contribution in [-0.4, -0.2) is 46.8 Å². The summed E-state index contributed by atoms with van der Waals surface area (Å²) in [5.74, 6) is 0.453. The molecule has 1 aliphatic heterocycles. The summed E-state index contributed by atoms with van der Waals surface area (Å²) in [6, 6.07) is 21.1. The number of Topliss-reactive ketones (excluding diaryl/α,β-unsaturated/α-hetero) is 1. The van der Waals surface area contributed by atoms with Crippen molar-refractivity contribution in [1.29, 1.82) is 0 Å². The molecule has 0 saturated carbocycles. The van der Waals surface area contributed by atoms with Gasteiger partial charge in [-0.05, 0) is 67.3 Å². The van der Waals surface area contributed by atoms with Crippen molar-refractivity contribution in [3.63, 3.8) is 0 Å². The van der Waals surface area contributed by atoms with Crippen LogP contribution in [0.4, 0.5) is 5.13 Å². The van der Waals surface area contributed by atoms with Gasteiger partial charge in [-0.15, -0.1) is 10.2 Å². The van der Waals surface area contributed by atoms with Gasteiger partial charge in [-0.3, -0.25) is 14.5 Å². The first-order valence-electron chi connectivity index (χ1n) is 15.4. The highest BCUT2D eigenvalue weighted by Gasteiger charge is 2.48. The van der Waals surface area contributed by atoms with Crippen LogP contribution in [0, 0.1) is 0 Å². The van der Waals surface area contributed by atoms with Crippen LogP contribution in [0.2, 0.25) is 0 Å². The quantitative estimate of drug-likeness (QED) is 0.0341. The van der Waals surface area contributed by atoms with E-state index in [1.54, 1.807) is 42.5 Å². The molecule has 1 fully saturated rings. The Morgan fingerprint density at radius 1 is 0.891 bits per heavy atom. The number of ether oxygens (including phenoxy) is 3. The highest BCUT2D eigenvalue weighted by atomic mass is 32.2. The predicted octanol–water partition coefficient (Wildman–Crippen LogP) is 7.82. The summed E-state index contributed by atoms with van der Waals surface area (Å²) in [6.45, 7) is 7.45. The zero-order valence-corrected chi connectivity index (χ0v) is 27.7. The number of hydrogen-bond acceptors (Lipinski definition) is 10. The Bertz CT molecular complexity index is 1670. The van der Waals surface area contributed by atoms with Crippen LogP contribution in [0.25, 0.3) is 5.76 Å². The molecule has 3 aromatic carbocycles. The average molecular weight is 660 g/mol. The summed E-state index contributed by atoms with van der Waals surface area (Å²) in [6.07, 6.45) is 2.72. The Labute approximate surface area is 277 Å². The van der Waals surface area contributed by atoms with Crippen molar-refractivity contribution in [3.05, 3.63) is 95.1 Å². The Morgan fingerprint density at radius 3 is 2.39 bits per heavy atom. The van der Waals surface area contributed by atoms with Crippen molar-refractivity contribution in [2.24, 2.45) is 0 Å². The maximum absolute atomic E-state index is 13.7. The molecule has 0 aliphatic carbocycles. The third-order valence-electron chi connectivity index (χ3n) is 7.19. The average Bonchev–Trinajstić information content (AvgIpc) is 3.65. The minimum atomic E-state index is -0.986. The zero-order valence-electron chi connectivity index (χ0n) is 26.1. The Kier molecular flexibility index (Phi) is 11.3. The topological polar surface area (TPSA) is 111 Å². The smallest absolute Gasteiger partial charge is 0.301 e. The molecule has 240 valence electrons. The van der Waals surface area contributed by atoms with Gasteiger partial charge in [0.05, 0.1) is 31.4 Å². The zero-order chi connectivity index (χ0) is 32.5. The number of anilines is 1. The number of aliphatic hydroxyl groups is 1. The van der Waals surface area contributed by atoms with Crippen molar-refractivity contribution >= 4 is 45.7 Å². The first kappa shape index (κ1) is 33.0. The molecule has 46 heavy (non-hydrogen) atoms. The van der Waals surface area contributed by atoms with E-state index >= 15 is 0 Å². The Morgan fingerprint density at radius 2 is 1.67 bits per heavy atom. The SMILES string of the molecule is CCCCOc1ccc(C2C(=C(O)c3ccc(OCCC)cc3)C(=O)C(=O)N2c2nnc(SCc3ccccc3)s2)cc1OCC. The number of nitrogens with zero attached hydrogens (tertiary/aromatic N) is 3. The Hall–Kier alpha value is -4.35. The lowest BCUT2D eigenvalue weighted by atomic mass is 9.95. The van der Waals surface area contributed by atoms with Gasteiger partial charge in [0, 0.05) is 11.3 Å². The fraction of sp³-hybridized carbons (Fsp3) is 0.314. The van der Waals surface area contributed by atoms with Gasteiger partial charge in [0.2, 0.25) is 5.13 Å². The fourth-order valence-electron chi connectivity index (χ4n) is 4.92. The molecule has 1 N–H and O–H groups in total. The summed E-state index contributed by atoms with van der Waals surface area (Å²) in [5.41, 5.74) is 2.01. The number of rotatable bonds is 15. The van der Waals surface area contributed by atoms with Gasteiger partial charge in [-0.2, -0.15) is 0 Å². The second-order valence-electron chi connectivity index (χ2n) is 10.5. The van der Waals surface area contributed by atoms with E-state index < -0.39 is 17.7 Å². The second kappa shape index (κ2) is 15.8. The normalized spacial score (nSPS) is 15.7.